The summed E-state index contributed by atoms with van der Waals surface area (Å²) in [7, 11) is -3.80. The first-order valence-corrected chi connectivity index (χ1v) is 11.0. The lowest BCUT2D eigenvalue weighted by atomic mass is 9.72. The average molecular weight is 393 g/mol. The number of nitrogens with one attached hydrogen (secondary N) is 1. The Bertz CT molecular complexity index is 940. The van der Waals surface area contributed by atoms with Crippen LogP contribution in [0.4, 0.5) is 5.69 Å². The van der Waals surface area contributed by atoms with Gasteiger partial charge in [-0.15, -0.1) is 11.3 Å². The molecule has 2 aromatic rings. The number of benzene rings is 1. The number of hydrogen-bond donors (Lipinski definition) is 2. The minimum absolute atomic E-state index is 0.0196. The average Bonchev–Trinajstić information content (AvgIpc) is 2.96. The summed E-state index contributed by atoms with van der Waals surface area (Å²) in [6.07, 6.45) is 3.16. The van der Waals surface area contributed by atoms with Gasteiger partial charge < -0.3 is 5.32 Å². The Kier molecular flexibility index (Phi) is 4.98. The Labute approximate surface area is 158 Å². The SMILES string of the molecule is CC(C)(C)[C@@H]1CCc2sc(C(=O)Nc3cccc(S(N)(=O)=O)c3)cc2C1. The molecule has 3 N–H and O–H groups in total. The highest BCUT2D eigenvalue weighted by atomic mass is 32.2. The zero-order valence-electron chi connectivity index (χ0n) is 15.2. The maximum atomic E-state index is 12.6. The molecule has 0 radical (unpaired) electrons. The molecule has 0 spiro atoms. The molecule has 1 amide bonds. The number of rotatable bonds is 3. The maximum Gasteiger partial charge on any atom is 0.265 e. The highest BCUT2D eigenvalue weighted by Crippen LogP contribution is 2.40. The molecule has 1 aromatic heterocycles. The van der Waals surface area contributed by atoms with Gasteiger partial charge >= 0.3 is 0 Å². The van der Waals surface area contributed by atoms with Gasteiger partial charge in [-0.05, 0) is 60.4 Å². The van der Waals surface area contributed by atoms with Crippen molar-refractivity contribution in [1.82, 2.24) is 0 Å². The number of amides is 1. The molecule has 1 aliphatic carbocycles. The van der Waals surface area contributed by atoms with Gasteiger partial charge in [0, 0.05) is 10.6 Å². The zero-order valence-corrected chi connectivity index (χ0v) is 16.8. The number of fused-ring (bicyclic) bond motifs is 1. The van der Waals surface area contributed by atoms with Crippen LogP contribution in [-0.2, 0) is 22.9 Å². The summed E-state index contributed by atoms with van der Waals surface area (Å²) < 4.78 is 22.9. The van der Waals surface area contributed by atoms with Crippen molar-refractivity contribution in [1.29, 1.82) is 0 Å². The first-order valence-electron chi connectivity index (χ1n) is 8.60. The lowest BCUT2D eigenvalue weighted by Crippen LogP contribution is -2.26. The number of sulfonamides is 1. The molecule has 0 fully saturated rings. The monoisotopic (exact) mass is 392 g/mol. The molecule has 0 saturated heterocycles. The van der Waals surface area contributed by atoms with Gasteiger partial charge in [-0.2, -0.15) is 0 Å². The van der Waals surface area contributed by atoms with E-state index < -0.39 is 10.0 Å². The number of thiophene rings is 1. The zero-order chi connectivity index (χ0) is 19.1. The van der Waals surface area contributed by atoms with Crippen molar-refractivity contribution in [2.75, 3.05) is 5.32 Å². The van der Waals surface area contributed by atoms with Crippen molar-refractivity contribution in [3.63, 3.8) is 0 Å². The fourth-order valence-electron chi connectivity index (χ4n) is 3.32. The molecule has 1 heterocycles. The van der Waals surface area contributed by atoms with Gasteiger partial charge in [0.15, 0.2) is 0 Å². The molecule has 3 rings (SSSR count). The molecule has 7 heteroatoms. The van der Waals surface area contributed by atoms with Gasteiger partial charge in [0.25, 0.3) is 5.91 Å². The summed E-state index contributed by atoms with van der Waals surface area (Å²) >= 11 is 1.53. The quantitative estimate of drug-likeness (QED) is 0.832. The second kappa shape index (κ2) is 6.79. The number of carbonyl (C=O) groups is 1. The molecule has 0 aliphatic heterocycles. The summed E-state index contributed by atoms with van der Waals surface area (Å²) in [5.41, 5.74) is 1.95. The van der Waals surface area contributed by atoms with E-state index in [0.29, 0.717) is 16.5 Å². The molecular formula is C19H24N2O3S2. The lowest BCUT2D eigenvalue weighted by molar-refractivity contribution is 0.103. The van der Waals surface area contributed by atoms with E-state index in [1.807, 2.05) is 6.07 Å². The van der Waals surface area contributed by atoms with E-state index in [4.69, 9.17) is 5.14 Å². The number of carbonyl (C=O) groups excluding carboxylic acids is 1. The lowest BCUT2D eigenvalue weighted by Gasteiger charge is -2.33. The summed E-state index contributed by atoms with van der Waals surface area (Å²) in [5.74, 6) is 0.398. The van der Waals surface area contributed by atoms with Crippen LogP contribution in [-0.4, -0.2) is 14.3 Å². The molecule has 5 nitrogen and oxygen atoms in total. The topological polar surface area (TPSA) is 89.3 Å². The number of nitrogens with two attached hydrogens (primary N) is 1. The van der Waals surface area contributed by atoms with Crippen LogP contribution in [0, 0.1) is 11.3 Å². The third-order valence-corrected chi connectivity index (χ3v) is 7.10. The molecule has 1 aromatic carbocycles. The number of anilines is 1. The van der Waals surface area contributed by atoms with Gasteiger partial charge in [0.2, 0.25) is 10.0 Å². The smallest absolute Gasteiger partial charge is 0.265 e. The van der Waals surface area contributed by atoms with E-state index in [0.717, 1.165) is 19.3 Å². The van der Waals surface area contributed by atoms with E-state index in [1.165, 1.54) is 33.9 Å². The molecule has 26 heavy (non-hydrogen) atoms. The molecular weight excluding hydrogens is 368 g/mol. The highest BCUT2D eigenvalue weighted by Gasteiger charge is 2.30. The van der Waals surface area contributed by atoms with Gasteiger partial charge in [0.1, 0.15) is 0 Å². The van der Waals surface area contributed by atoms with Crippen molar-refractivity contribution in [2.45, 2.75) is 44.9 Å². The third kappa shape index (κ3) is 4.16. The number of hydrogen-bond acceptors (Lipinski definition) is 4. The standard InChI is InChI=1S/C19H24N2O3S2/c1-19(2,3)13-7-8-16-12(9-13)10-17(25-16)18(22)21-14-5-4-6-15(11-14)26(20,23)24/h4-6,10-11,13H,7-9H2,1-3H3,(H,21,22)(H2,20,23,24)/t13-/m1/s1. The normalized spacial score (nSPS) is 17.6. The van der Waals surface area contributed by atoms with Crippen molar-refractivity contribution in [3.8, 4) is 0 Å². The van der Waals surface area contributed by atoms with Crippen LogP contribution in [0.1, 0.15) is 47.3 Å². The Morgan fingerprint density at radius 3 is 2.65 bits per heavy atom. The van der Waals surface area contributed by atoms with Crippen molar-refractivity contribution < 1.29 is 13.2 Å². The summed E-state index contributed by atoms with van der Waals surface area (Å²) in [6, 6.07) is 7.97. The van der Waals surface area contributed by atoms with E-state index >= 15 is 0 Å². The predicted molar refractivity (Wildman–Crippen MR) is 105 cm³/mol. The van der Waals surface area contributed by atoms with Crippen LogP contribution >= 0.6 is 11.3 Å². The fraction of sp³-hybridized carbons (Fsp3) is 0.421. The molecule has 0 unspecified atom stereocenters. The fourth-order valence-corrected chi connectivity index (χ4v) is 4.98. The van der Waals surface area contributed by atoms with E-state index in [1.54, 1.807) is 12.1 Å². The van der Waals surface area contributed by atoms with Crippen LogP contribution in [0.3, 0.4) is 0 Å². The van der Waals surface area contributed by atoms with Crippen molar-refractivity contribution in [3.05, 3.63) is 45.6 Å². The van der Waals surface area contributed by atoms with Crippen molar-refractivity contribution in [2.24, 2.45) is 16.5 Å². The Morgan fingerprint density at radius 2 is 2.00 bits per heavy atom. The predicted octanol–water partition coefficient (Wildman–Crippen LogP) is 3.80. The third-order valence-electron chi connectivity index (χ3n) is 4.95. The number of primary sulfonamides is 1. The van der Waals surface area contributed by atoms with Gasteiger partial charge in [-0.25, -0.2) is 13.6 Å². The second-order valence-electron chi connectivity index (χ2n) is 7.89. The minimum Gasteiger partial charge on any atom is -0.321 e. The Morgan fingerprint density at radius 1 is 1.27 bits per heavy atom. The Balaban J connectivity index is 1.78. The summed E-state index contributed by atoms with van der Waals surface area (Å²) in [4.78, 5) is 14.5. The highest BCUT2D eigenvalue weighted by molar-refractivity contribution is 7.89. The van der Waals surface area contributed by atoms with Gasteiger partial charge in [-0.3, -0.25) is 4.79 Å². The molecule has 0 bridgehead atoms. The maximum absolute atomic E-state index is 12.6. The van der Waals surface area contributed by atoms with E-state index in [-0.39, 0.29) is 16.2 Å². The van der Waals surface area contributed by atoms with Crippen LogP contribution in [0.2, 0.25) is 0 Å². The Hall–Kier alpha value is -1.70. The molecule has 1 atom stereocenters. The van der Waals surface area contributed by atoms with Crippen molar-refractivity contribution >= 4 is 33.0 Å². The van der Waals surface area contributed by atoms with Crippen LogP contribution in [0.15, 0.2) is 35.2 Å². The van der Waals surface area contributed by atoms with E-state index in [2.05, 4.69) is 26.1 Å². The summed E-state index contributed by atoms with van der Waals surface area (Å²) in [6.45, 7) is 6.80. The van der Waals surface area contributed by atoms with Gasteiger partial charge in [-0.1, -0.05) is 26.8 Å². The first kappa shape index (κ1) is 19.1. The van der Waals surface area contributed by atoms with Crippen LogP contribution in [0.25, 0.3) is 0 Å². The summed E-state index contributed by atoms with van der Waals surface area (Å²) in [5, 5.41) is 7.92. The van der Waals surface area contributed by atoms with Crippen LogP contribution in [0.5, 0.6) is 0 Å². The second-order valence-corrected chi connectivity index (χ2v) is 10.6. The minimum atomic E-state index is -3.80. The largest absolute Gasteiger partial charge is 0.321 e. The molecule has 1 aliphatic rings. The van der Waals surface area contributed by atoms with Crippen LogP contribution < -0.4 is 10.5 Å². The van der Waals surface area contributed by atoms with E-state index in [9.17, 15) is 13.2 Å². The van der Waals surface area contributed by atoms with Gasteiger partial charge in [0.05, 0.1) is 9.77 Å². The first-order chi connectivity index (χ1) is 12.0. The number of aryl methyl sites for hydroxylation is 1. The molecule has 140 valence electrons. The molecule has 0 saturated carbocycles.